The van der Waals surface area contributed by atoms with E-state index in [-0.39, 0.29) is 13.0 Å². The smallest absolute Gasteiger partial charge is 0.307 e. The lowest BCUT2D eigenvalue weighted by molar-refractivity contribution is -0.136. The molecule has 0 aromatic heterocycles. The van der Waals surface area contributed by atoms with Crippen LogP contribution in [0.5, 0.6) is 0 Å². The van der Waals surface area contributed by atoms with Crippen molar-refractivity contribution in [3.8, 4) is 22.3 Å². The first-order chi connectivity index (χ1) is 19.5. The molecule has 1 aliphatic rings. The van der Waals surface area contributed by atoms with Crippen LogP contribution in [0.25, 0.3) is 22.3 Å². The predicted octanol–water partition coefficient (Wildman–Crippen LogP) is 6.22. The minimum Gasteiger partial charge on any atom is -0.481 e. The van der Waals surface area contributed by atoms with Crippen molar-refractivity contribution in [2.75, 3.05) is 24.2 Å². The number of carboxylic acid groups (broad SMARTS) is 1. The molecule has 212 valence electrons. The van der Waals surface area contributed by atoms with Crippen molar-refractivity contribution >= 4 is 21.7 Å². The van der Waals surface area contributed by atoms with E-state index in [2.05, 4.69) is 30.1 Å². The Bertz CT molecular complexity index is 1700. The van der Waals surface area contributed by atoms with E-state index in [9.17, 15) is 18.3 Å². The topological polar surface area (TPSA) is 77.9 Å². The van der Waals surface area contributed by atoms with Crippen molar-refractivity contribution in [1.29, 1.82) is 0 Å². The minimum absolute atomic E-state index is 0.206. The fourth-order valence-electron chi connectivity index (χ4n) is 5.90. The molecule has 0 bridgehead atoms. The normalized spacial score (nSPS) is 12.8. The third kappa shape index (κ3) is 5.92. The van der Waals surface area contributed by atoms with Crippen LogP contribution >= 0.6 is 0 Å². The van der Waals surface area contributed by atoms with Crippen molar-refractivity contribution < 1.29 is 18.3 Å². The second kappa shape index (κ2) is 11.5. The van der Waals surface area contributed by atoms with Crippen LogP contribution in [-0.2, 0) is 40.7 Å². The van der Waals surface area contributed by atoms with Crippen LogP contribution in [-0.4, -0.2) is 44.2 Å². The second-order valence-corrected chi connectivity index (χ2v) is 12.9. The molecule has 0 unspecified atom stereocenters. The largest absolute Gasteiger partial charge is 0.481 e. The zero-order chi connectivity index (χ0) is 29.3. The van der Waals surface area contributed by atoms with Gasteiger partial charge >= 0.3 is 5.97 Å². The van der Waals surface area contributed by atoms with E-state index in [4.69, 9.17) is 0 Å². The maximum atomic E-state index is 13.2. The van der Waals surface area contributed by atoms with Gasteiger partial charge in [-0.05, 0) is 71.8 Å². The van der Waals surface area contributed by atoms with Gasteiger partial charge in [0.25, 0.3) is 0 Å². The summed E-state index contributed by atoms with van der Waals surface area (Å²) in [6.07, 6.45) is 1.88. The van der Waals surface area contributed by atoms with Crippen molar-refractivity contribution in [3.05, 3.63) is 112 Å². The predicted molar refractivity (Wildman–Crippen MR) is 166 cm³/mol. The Hall–Kier alpha value is -3.94. The molecule has 5 rings (SSSR count). The fraction of sp³-hybridized carbons (Fsp3) is 0.265. The molecule has 1 aliphatic heterocycles. The van der Waals surface area contributed by atoms with E-state index in [1.54, 1.807) is 0 Å². The summed E-state index contributed by atoms with van der Waals surface area (Å²) in [6, 6.07) is 26.4. The minimum atomic E-state index is -3.65. The Labute approximate surface area is 242 Å². The molecule has 4 aromatic carbocycles. The van der Waals surface area contributed by atoms with Gasteiger partial charge in [0.05, 0.1) is 24.9 Å². The van der Waals surface area contributed by atoms with Gasteiger partial charge in [-0.15, -0.1) is 0 Å². The molecule has 7 heteroatoms. The molecule has 0 atom stereocenters. The van der Waals surface area contributed by atoms with Crippen molar-refractivity contribution in [3.63, 3.8) is 0 Å². The molecule has 0 saturated heterocycles. The lowest BCUT2D eigenvalue weighted by Gasteiger charge is -2.37. The summed E-state index contributed by atoms with van der Waals surface area (Å²) in [7, 11) is -1.59. The molecule has 1 heterocycles. The number of likely N-dealkylation sites (N-methyl/N-ethyl adjacent to an activating group) is 1. The maximum absolute atomic E-state index is 13.2. The average Bonchev–Trinajstić information content (AvgIpc) is 2.94. The van der Waals surface area contributed by atoms with Gasteiger partial charge in [-0.2, -0.15) is 0 Å². The summed E-state index contributed by atoms with van der Waals surface area (Å²) in [5, 5.41) is 10.0. The summed E-state index contributed by atoms with van der Waals surface area (Å²) in [6.45, 7) is 5.41. The Kier molecular flexibility index (Phi) is 8.02. The number of benzene rings is 4. The van der Waals surface area contributed by atoms with E-state index >= 15 is 0 Å². The third-order valence-corrected chi connectivity index (χ3v) is 9.03. The molecule has 6 nitrogen and oxygen atoms in total. The number of aliphatic carboxylic acids is 1. The Morgan fingerprint density at radius 3 is 2.22 bits per heavy atom. The standard InChI is InChI=1S/C34H36N2O4S/c1-23-14-16-26(17-15-23)32-29(20-31(37)38)24(2)34-33(28-13-9-8-12-27(28)21-36(34)41(4,39)40)30(32)22-35(3)19-18-25-10-6-5-7-11-25/h5-17H,18-22H2,1-4H3,(H,37,38). The second-order valence-electron chi connectivity index (χ2n) is 11.0. The van der Waals surface area contributed by atoms with E-state index in [0.29, 0.717) is 23.4 Å². The van der Waals surface area contributed by atoms with Gasteiger partial charge in [0, 0.05) is 18.7 Å². The zero-order valence-electron chi connectivity index (χ0n) is 24.0. The summed E-state index contributed by atoms with van der Waals surface area (Å²) >= 11 is 0. The van der Waals surface area contributed by atoms with Gasteiger partial charge in [0.1, 0.15) is 0 Å². The van der Waals surface area contributed by atoms with Gasteiger partial charge in [-0.25, -0.2) is 8.42 Å². The van der Waals surface area contributed by atoms with Gasteiger partial charge in [0.15, 0.2) is 0 Å². The summed E-state index contributed by atoms with van der Waals surface area (Å²) in [5.74, 6) is -0.952. The number of sulfonamides is 1. The maximum Gasteiger partial charge on any atom is 0.307 e. The molecule has 41 heavy (non-hydrogen) atoms. The van der Waals surface area contributed by atoms with Gasteiger partial charge in [0.2, 0.25) is 10.0 Å². The number of nitrogens with zero attached hydrogens (tertiary/aromatic N) is 2. The number of aryl methyl sites for hydroxylation is 1. The van der Waals surface area contributed by atoms with Gasteiger partial charge in [-0.1, -0.05) is 84.4 Å². The highest BCUT2D eigenvalue weighted by atomic mass is 32.2. The van der Waals surface area contributed by atoms with Gasteiger partial charge < -0.3 is 10.0 Å². The molecule has 0 aliphatic carbocycles. The first-order valence-corrected chi connectivity index (χ1v) is 15.6. The summed E-state index contributed by atoms with van der Waals surface area (Å²) in [5.41, 5.74) is 9.82. The molecule has 0 spiro atoms. The average molecular weight is 569 g/mol. The van der Waals surface area contributed by atoms with Gasteiger partial charge in [-0.3, -0.25) is 9.10 Å². The fourth-order valence-corrected chi connectivity index (χ4v) is 6.83. The molecule has 1 N–H and O–H groups in total. The molecular weight excluding hydrogens is 532 g/mol. The lowest BCUT2D eigenvalue weighted by atomic mass is 9.80. The number of anilines is 1. The van der Waals surface area contributed by atoms with E-state index in [0.717, 1.165) is 51.9 Å². The van der Waals surface area contributed by atoms with Crippen LogP contribution in [0.1, 0.15) is 33.4 Å². The van der Waals surface area contributed by atoms with Crippen LogP contribution in [0.4, 0.5) is 5.69 Å². The van der Waals surface area contributed by atoms with Crippen LogP contribution < -0.4 is 4.31 Å². The van der Waals surface area contributed by atoms with E-state index in [1.807, 2.05) is 74.5 Å². The Balaban J connectivity index is 1.80. The molecule has 4 aromatic rings. The van der Waals surface area contributed by atoms with Crippen molar-refractivity contribution in [1.82, 2.24) is 4.90 Å². The first kappa shape index (κ1) is 28.6. The van der Waals surface area contributed by atoms with Crippen LogP contribution in [0.3, 0.4) is 0 Å². The van der Waals surface area contributed by atoms with E-state index < -0.39 is 16.0 Å². The van der Waals surface area contributed by atoms with Crippen LogP contribution in [0, 0.1) is 13.8 Å². The van der Waals surface area contributed by atoms with Crippen LogP contribution in [0.2, 0.25) is 0 Å². The highest BCUT2D eigenvalue weighted by Gasteiger charge is 2.35. The Morgan fingerprint density at radius 1 is 0.902 bits per heavy atom. The summed E-state index contributed by atoms with van der Waals surface area (Å²) < 4.78 is 27.9. The SMILES string of the molecule is Cc1ccc(-c2c(CC(=O)O)c(C)c3c(c2CN(C)CCc2ccccc2)-c2ccccc2CN3S(C)(=O)=O)cc1. The zero-order valence-corrected chi connectivity index (χ0v) is 24.8. The first-order valence-electron chi connectivity index (χ1n) is 13.8. The third-order valence-electron chi connectivity index (χ3n) is 7.92. The highest BCUT2D eigenvalue weighted by Crippen LogP contribution is 2.50. The number of carbonyl (C=O) groups is 1. The number of rotatable bonds is 9. The van der Waals surface area contributed by atoms with Crippen molar-refractivity contribution in [2.24, 2.45) is 0 Å². The molecule has 0 saturated carbocycles. The lowest BCUT2D eigenvalue weighted by Crippen LogP contribution is -2.34. The highest BCUT2D eigenvalue weighted by molar-refractivity contribution is 7.92. The Morgan fingerprint density at radius 2 is 1.56 bits per heavy atom. The molecule has 0 amide bonds. The number of fused-ring (bicyclic) bond motifs is 3. The molecule has 0 radical (unpaired) electrons. The number of hydrogen-bond acceptors (Lipinski definition) is 4. The summed E-state index contributed by atoms with van der Waals surface area (Å²) in [4.78, 5) is 14.5. The number of carboxylic acids is 1. The van der Waals surface area contributed by atoms with Crippen molar-refractivity contribution in [2.45, 2.75) is 39.8 Å². The molecule has 0 fully saturated rings. The monoisotopic (exact) mass is 568 g/mol. The van der Waals surface area contributed by atoms with Crippen LogP contribution in [0.15, 0.2) is 78.9 Å². The quantitative estimate of drug-likeness (QED) is 0.259. The number of hydrogen-bond donors (Lipinski definition) is 1. The van der Waals surface area contributed by atoms with E-state index in [1.165, 1.54) is 16.1 Å². The molecular formula is C34H36N2O4S.